The molecule has 82 valence electrons. The third-order valence-electron chi connectivity index (χ3n) is 2.25. The molecule has 1 heterocycles. The summed E-state index contributed by atoms with van der Waals surface area (Å²) in [5.41, 5.74) is 1.48. The molecule has 0 amide bonds. The predicted octanol–water partition coefficient (Wildman–Crippen LogP) is 2.06. The summed E-state index contributed by atoms with van der Waals surface area (Å²) in [4.78, 5) is 18.1. The van der Waals surface area contributed by atoms with Crippen LogP contribution < -0.4 is 5.56 Å². The van der Waals surface area contributed by atoms with Gasteiger partial charge in [0.1, 0.15) is 9.39 Å². The number of nitrogens with zero attached hydrogens (tertiary/aromatic N) is 1. The van der Waals surface area contributed by atoms with Crippen molar-refractivity contribution in [3.8, 4) is 17.3 Å². The van der Waals surface area contributed by atoms with E-state index >= 15 is 0 Å². The van der Waals surface area contributed by atoms with E-state index in [2.05, 4.69) is 9.97 Å². The van der Waals surface area contributed by atoms with Crippen LogP contribution in [0.4, 0.5) is 0 Å². The molecule has 1 aromatic heterocycles. The summed E-state index contributed by atoms with van der Waals surface area (Å²) in [6.45, 7) is 1.92. The molecule has 0 fully saturated rings. The molecule has 0 spiro atoms. The first-order valence-electron chi connectivity index (χ1n) is 4.64. The van der Waals surface area contributed by atoms with E-state index in [-0.39, 0.29) is 15.0 Å². The van der Waals surface area contributed by atoms with Gasteiger partial charge in [-0.05, 0) is 35.1 Å². The Bertz CT molecular complexity index is 593. The van der Waals surface area contributed by atoms with Crippen molar-refractivity contribution < 1.29 is 5.11 Å². The van der Waals surface area contributed by atoms with Gasteiger partial charge in [-0.15, -0.1) is 0 Å². The lowest BCUT2D eigenvalue weighted by atomic mass is 10.1. The molecule has 1 aromatic carbocycles. The van der Waals surface area contributed by atoms with Crippen LogP contribution in [0.25, 0.3) is 11.4 Å². The molecule has 0 saturated carbocycles. The lowest BCUT2D eigenvalue weighted by Gasteiger charge is -2.05. The molecular formula is C11H9IN2O2. The number of benzene rings is 1. The van der Waals surface area contributed by atoms with E-state index in [9.17, 15) is 9.90 Å². The van der Waals surface area contributed by atoms with Crippen LogP contribution in [-0.2, 0) is 0 Å². The maximum absolute atomic E-state index is 11.5. The number of halogens is 1. The highest BCUT2D eigenvalue weighted by Crippen LogP contribution is 2.21. The molecule has 4 nitrogen and oxygen atoms in total. The zero-order valence-electron chi connectivity index (χ0n) is 8.49. The molecule has 0 unspecified atom stereocenters. The Morgan fingerprint density at radius 3 is 2.69 bits per heavy atom. The van der Waals surface area contributed by atoms with Crippen molar-refractivity contribution in [2.24, 2.45) is 0 Å². The second-order valence-corrected chi connectivity index (χ2v) is 4.45. The van der Waals surface area contributed by atoms with Gasteiger partial charge in [0.15, 0.2) is 0 Å². The fourth-order valence-electron chi connectivity index (χ4n) is 1.41. The Morgan fingerprint density at radius 2 is 2.06 bits per heavy atom. The monoisotopic (exact) mass is 328 g/mol. The minimum Gasteiger partial charge on any atom is -0.492 e. The smallest absolute Gasteiger partial charge is 0.268 e. The Kier molecular flexibility index (Phi) is 2.95. The molecule has 0 aliphatic heterocycles. The number of hydrogen-bond acceptors (Lipinski definition) is 3. The van der Waals surface area contributed by atoms with Crippen molar-refractivity contribution in [1.82, 2.24) is 9.97 Å². The molecule has 16 heavy (non-hydrogen) atoms. The maximum Gasteiger partial charge on any atom is 0.268 e. The number of rotatable bonds is 1. The summed E-state index contributed by atoms with van der Waals surface area (Å²) in [5, 5.41) is 9.49. The average Bonchev–Trinajstić information content (AvgIpc) is 2.26. The SMILES string of the molecule is Cc1ccccc1-c1nc(O)c(I)c(=O)[nH]1. The summed E-state index contributed by atoms with van der Waals surface area (Å²) in [6.07, 6.45) is 0. The molecule has 0 aliphatic carbocycles. The fraction of sp³-hybridized carbons (Fsp3) is 0.0909. The lowest BCUT2D eigenvalue weighted by Crippen LogP contribution is -2.12. The van der Waals surface area contributed by atoms with Crippen LogP contribution in [0.5, 0.6) is 5.88 Å². The highest BCUT2D eigenvalue weighted by Gasteiger charge is 2.09. The number of H-pyrrole nitrogens is 1. The average molecular weight is 328 g/mol. The van der Waals surface area contributed by atoms with Gasteiger partial charge < -0.3 is 10.1 Å². The van der Waals surface area contributed by atoms with Crippen LogP contribution >= 0.6 is 22.6 Å². The second kappa shape index (κ2) is 4.25. The molecular weight excluding hydrogens is 319 g/mol. The first kappa shape index (κ1) is 11.1. The van der Waals surface area contributed by atoms with Crippen molar-refractivity contribution >= 4 is 22.6 Å². The lowest BCUT2D eigenvalue weighted by molar-refractivity contribution is 0.447. The first-order valence-corrected chi connectivity index (χ1v) is 5.72. The number of nitrogens with one attached hydrogen (secondary N) is 1. The van der Waals surface area contributed by atoms with E-state index in [1.807, 2.05) is 31.2 Å². The summed E-state index contributed by atoms with van der Waals surface area (Å²) >= 11 is 1.76. The van der Waals surface area contributed by atoms with Crippen LogP contribution in [0, 0.1) is 10.5 Å². The Morgan fingerprint density at radius 1 is 1.38 bits per heavy atom. The fourth-order valence-corrected chi connectivity index (χ4v) is 1.67. The highest BCUT2D eigenvalue weighted by molar-refractivity contribution is 14.1. The van der Waals surface area contributed by atoms with Crippen LogP contribution in [0.2, 0.25) is 0 Å². The zero-order valence-corrected chi connectivity index (χ0v) is 10.6. The van der Waals surface area contributed by atoms with Gasteiger partial charge in [0.05, 0.1) is 0 Å². The summed E-state index contributed by atoms with van der Waals surface area (Å²) in [5.74, 6) is 0.156. The number of aryl methyl sites for hydroxylation is 1. The van der Waals surface area contributed by atoms with Gasteiger partial charge in [0.25, 0.3) is 5.56 Å². The van der Waals surface area contributed by atoms with E-state index < -0.39 is 0 Å². The van der Waals surface area contributed by atoms with Crippen molar-refractivity contribution in [1.29, 1.82) is 0 Å². The Hall–Kier alpha value is -1.37. The van der Waals surface area contributed by atoms with Crippen LogP contribution in [0.1, 0.15) is 5.56 Å². The molecule has 0 aliphatic rings. The molecule has 0 bridgehead atoms. The van der Waals surface area contributed by atoms with Crippen LogP contribution in [-0.4, -0.2) is 15.1 Å². The van der Waals surface area contributed by atoms with Crippen molar-refractivity contribution in [3.63, 3.8) is 0 Å². The first-order chi connectivity index (χ1) is 7.59. The number of hydrogen-bond donors (Lipinski definition) is 2. The van der Waals surface area contributed by atoms with E-state index in [4.69, 9.17) is 0 Å². The third kappa shape index (κ3) is 1.95. The van der Waals surface area contributed by atoms with E-state index in [1.54, 1.807) is 22.6 Å². The molecule has 2 rings (SSSR count). The van der Waals surface area contributed by atoms with Gasteiger partial charge >= 0.3 is 0 Å². The van der Waals surface area contributed by atoms with Gasteiger partial charge in [-0.2, -0.15) is 4.98 Å². The predicted molar refractivity (Wildman–Crippen MR) is 69.4 cm³/mol. The minimum atomic E-state index is -0.327. The molecule has 2 N–H and O–H groups in total. The van der Waals surface area contributed by atoms with Gasteiger partial charge in [0, 0.05) is 5.56 Å². The van der Waals surface area contributed by atoms with Crippen LogP contribution in [0.3, 0.4) is 0 Å². The molecule has 2 aromatic rings. The quantitative estimate of drug-likeness (QED) is 0.788. The summed E-state index contributed by atoms with van der Waals surface area (Å²) in [7, 11) is 0. The van der Waals surface area contributed by atoms with Crippen molar-refractivity contribution in [3.05, 3.63) is 43.8 Å². The molecule has 0 saturated heterocycles. The van der Waals surface area contributed by atoms with E-state index in [1.165, 1.54) is 0 Å². The topological polar surface area (TPSA) is 66.0 Å². The molecule has 0 radical (unpaired) electrons. The van der Waals surface area contributed by atoms with Crippen LogP contribution in [0.15, 0.2) is 29.1 Å². The van der Waals surface area contributed by atoms with Gasteiger partial charge in [-0.25, -0.2) is 0 Å². The maximum atomic E-state index is 11.5. The molecule has 5 heteroatoms. The largest absolute Gasteiger partial charge is 0.492 e. The van der Waals surface area contributed by atoms with E-state index in [0.29, 0.717) is 5.82 Å². The zero-order chi connectivity index (χ0) is 11.7. The highest BCUT2D eigenvalue weighted by atomic mass is 127. The van der Waals surface area contributed by atoms with Gasteiger partial charge in [-0.1, -0.05) is 24.3 Å². The third-order valence-corrected chi connectivity index (χ3v) is 3.22. The van der Waals surface area contributed by atoms with Gasteiger partial charge in [0.2, 0.25) is 5.88 Å². The standard InChI is InChI=1S/C11H9IN2O2/c1-6-4-2-3-5-7(6)9-13-10(15)8(12)11(16)14-9/h2-5H,1H3,(H2,13,14,15,16). The normalized spacial score (nSPS) is 10.4. The van der Waals surface area contributed by atoms with Crippen molar-refractivity contribution in [2.75, 3.05) is 0 Å². The Labute approximate surface area is 106 Å². The van der Waals surface area contributed by atoms with Gasteiger partial charge in [-0.3, -0.25) is 4.79 Å². The summed E-state index contributed by atoms with van der Waals surface area (Å²) < 4.78 is 0.204. The molecule has 0 atom stereocenters. The second-order valence-electron chi connectivity index (χ2n) is 3.37. The summed E-state index contributed by atoms with van der Waals surface area (Å²) in [6, 6.07) is 7.53. The number of aromatic nitrogens is 2. The minimum absolute atomic E-state index is 0.204. The number of aromatic amines is 1. The van der Waals surface area contributed by atoms with E-state index in [0.717, 1.165) is 11.1 Å². The Balaban J connectivity index is 2.67. The van der Waals surface area contributed by atoms with Crippen molar-refractivity contribution in [2.45, 2.75) is 6.92 Å². The number of aromatic hydroxyl groups is 1.